The Morgan fingerprint density at radius 2 is 1.39 bits per heavy atom. The minimum atomic E-state index is -4.40. The summed E-state index contributed by atoms with van der Waals surface area (Å²) in [7, 11) is -8.57. The van der Waals surface area contributed by atoms with Crippen LogP contribution >= 0.6 is 11.6 Å². The van der Waals surface area contributed by atoms with Crippen molar-refractivity contribution in [1.82, 2.24) is 34.6 Å². The van der Waals surface area contributed by atoms with Gasteiger partial charge in [0.05, 0.1) is 17.7 Å². The fraction of sp³-hybridized carbons (Fsp3) is 0.400. The fourth-order valence-electron chi connectivity index (χ4n) is 8.25. The van der Waals surface area contributed by atoms with Gasteiger partial charge in [-0.15, -0.1) is 5.10 Å². The summed E-state index contributed by atoms with van der Waals surface area (Å²) in [6, 6.07) is 10.9. The molecule has 0 saturated carbocycles. The van der Waals surface area contributed by atoms with Crippen LogP contribution in [-0.4, -0.2) is 84.6 Å². The predicted octanol–water partition coefficient (Wildman–Crippen LogP) is 9.08. The van der Waals surface area contributed by atoms with Crippen LogP contribution in [-0.2, 0) is 20.0 Å². The van der Waals surface area contributed by atoms with Crippen molar-refractivity contribution in [2.45, 2.75) is 89.2 Å². The van der Waals surface area contributed by atoms with Crippen molar-refractivity contribution in [3.05, 3.63) is 107 Å². The number of anilines is 2. The first kappa shape index (κ1) is 50.5. The zero-order valence-corrected chi connectivity index (χ0v) is 40.4. The molecule has 0 spiro atoms. The Morgan fingerprint density at radius 1 is 0.821 bits per heavy atom. The number of sulfonamides is 2. The van der Waals surface area contributed by atoms with Crippen molar-refractivity contribution in [2.75, 3.05) is 29.5 Å². The minimum Gasteiger partial charge on any atom is -0.493 e. The molecule has 5 aromatic rings. The monoisotopic (exact) mass is 997 g/mol. The van der Waals surface area contributed by atoms with Crippen LogP contribution in [0.5, 0.6) is 5.75 Å². The number of nitrogens with one attached hydrogen (secondary N) is 2. The zero-order valence-electron chi connectivity index (χ0n) is 38.0. The maximum absolute atomic E-state index is 15.6. The third kappa shape index (κ3) is 11.8. The Hall–Kier alpha value is -5.93. The Morgan fingerprint density at radius 3 is 1.91 bits per heavy atom. The molecular formula is C45H63ClF3N9O7S2. The van der Waals surface area contributed by atoms with E-state index in [4.69, 9.17) is 16.3 Å². The van der Waals surface area contributed by atoms with Crippen LogP contribution in [0.1, 0.15) is 97.5 Å². The number of hydrogen-bond acceptors (Lipinski definition) is 14. The summed E-state index contributed by atoms with van der Waals surface area (Å²) in [5.74, 6) is -3.35. The topological polar surface area (TPSA) is 207 Å². The van der Waals surface area contributed by atoms with Crippen molar-refractivity contribution in [1.29, 1.82) is 0 Å². The highest BCUT2D eigenvalue weighted by molar-refractivity contribution is 7.90. The summed E-state index contributed by atoms with van der Waals surface area (Å²) in [5.41, 5.74) is -1.38. The number of halogens is 4. The number of carbonyl (C=O) groups excluding carboxylic acids is 2. The molecule has 22 heteroatoms. The van der Waals surface area contributed by atoms with Crippen LogP contribution in [0.2, 0.25) is 5.15 Å². The summed E-state index contributed by atoms with van der Waals surface area (Å²) < 4.78 is 104. The average Bonchev–Trinajstić information content (AvgIpc) is 3.70. The molecule has 2 aliphatic rings. The largest absolute Gasteiger partial charge is 0.493 e. The predicted molar refractivity (Wildman–Crippen MR) is 258 cm³/mol. The van der Waals surface area contributed by atoms with E-state index in [2.05, 4.69) is 32.1 Å². The van der Waals surface area contributed by atoms with E-state index >= 15 is 4.39 Å². The molecule has 2 amide bonds. The third-order valence-electron chi connectivity index (χ3n) is 11.0. The van der Waals surface area contributed by atoms with Crippen LogP contribution in [0.3, 0.4) is 0 Å². The molecule has 2 aliphatic heterocycles. The van der Waals surface area contributed by atoms with Gasteiger partial charge in [0.1, 0.15) is 39.6 Å². The van der Waals surface area contributed by atoms with E-state index in [1.54, 1.807) is 0 Å². The van der Waals surface area contributed by atoms with Gasteiger partial charge in [-0.1, -0.05) is 39.3 Å². The number of hydrogen-bond donors (Lipinski definition) is 2. The minimum absolute atomic E-state index is 0. The van der Waals surface area contributed by atoms with Crippen molar-refractivity contribution >= 4 is 55.1 Å². The number of pyridine rings is 3. The highest BCUT2D eigenvalue weighted by atomic mass is 35.5. The highest BCUT2D eigenvalue weighted by Gasteiger charge is 2.41. The number of nitrogens with zero attached hydrogens (tertiary/aromatic N) is 7. The van der Waals surface area contributed by atoms with E-state index in [1.165, 1.54) is 48.8 Å². The maximum atomic E-state index is 15.6. The van der Waals surface area contributed by atoms with Crippen LogP contribution in [0, 0.1) is 35.2 Å². The average molecular weight is 999 g/mol. The first-order chi connectivity index (χ1) is 31.3. The normalized spacial score (nSPS) is 17.7. The number of benzene rings is 1. The molecule has 0 radical (unpaired) electrons. The van der Waals surface area contributed by atoms with Crippen LogP contribution < -0.4 is 24.0 Å². The lowest BCUT2D eigenvalue weighted by Gasteiger charge is -2.34. The fourth-order valence-corrected chi connectivity index (χ4v) is 10.2. The lowest BCUT2D eigenvalue weighted by molar-refractivity contribution is 0.0972. The Kier molecular flexibility index (Phi) is 14.9. The molecule has 4 aromatic heterocycles. The Bertz CT molecular complexity index is 2910. The standard InChI is InChI=1S/C27H31F2N5O4S.C18H20ClFN4O3S.6H2/c1-16(2)15-38-20-10-18(9-19(28)11-20)24-22(29)12-21(25(31-24)34-14-17(3)13-27(34,4)5)26(35)33-39(36,37)23-7-6-8-30-32-23;1-11-8-18(2,3)24(10-11)16-13(7-14(20)15(19)22-16)17(25)23-28(26,27)12-5-4-6-21-9-12;;;;;;/h6-12,16-17H,13-15H2,1-5H3,(H,33,35);4-7,9,11H,8,10H2,1-3H3,(H,23,25);6*1H/t17-;11-;;;;;;/m00....../s1. The van der Waals surface area contributed by atoms with E-state index in [-0.39, 0.29) is 75.8 Å². The van der Waals surface area contributed by atoms with Crippen LogP contribution in [0.4, 0.5) is 24.8 Å². The maximum Gasteiger partial charge on any atom is 0.283 e. The second kappa shape index (κ2) is 19.7. The molecule has 67 heavy (non-hydrogen) atoms. The molecule has 7 rings (SSSR count). The van der Waals surface area contributed by atoms with Crippen molar-refractivity contribution < 1.29 is 52.9 Å². The second-order valence-electron chi connectivity index (χ2n) is 18.3. The molecule has 2 atom stereocenters. The van der Waals surface area contributed by atoms with E-state index in [9.17, 15) is 35.2 Å². The Balaban J connectivity index is 0.00000137. The number of rotatable bonds is 12. The lowest BCUT2D eigenvalue weighted by Crippen LogP contribution is -2.41. The molecule has 0 aliphatic carbocycles. The Labute approximate surface area is 401 Å². The van der Waals surface area contributed by atoms with Crippen LogP contribution in [0.15, 0.2) is 83.1 Å². The van der Waals surface area contributed by atoms with Crippen LogP contribution in [0.25, 0.3) is 11.3 Å². The molecule has 2 fully saturated rings. The first-order valence-electron chi connectivity index (χ1n) is 21.2. The smallest absolute Gasteiger partial charge is 0.283 e. The van der Waals surface area contributed by atoms with Gasteiger partial charge >= 0.3 is 0 Å². The van der Waals surface area contributed by atoms with Gasteiger partial charge in [-0.25, -0.2) is 41.0 Å². The number of carbonyl (C=O) groups is 2. The summed E-state index contributed by atoms with van der Waals surface area (Å²) >= 11 is 5.86. The van der Waals surface area contributed by atoms with Gasteiger partial charge in [-0.2, -0.15) is 13.5 Å². The van der Waals surface area contributed by atoms with Gasteiger partial charge in [0.15, 0.2) is 16.0 Å². The molecule has 1 aromatic carbocycles. The van der Waals surface area contributed by atoms with E-state index in [0.717, 1.165) is 37.2 Å². The summed E-state index contributed by atoms with van der Waals surface area (Å²) in [4.78, 5) is 41.9. The number of aromatic nitrogens is 5. The highest BCUT2D eigenvalue weighted by Crippen LogP contribution is 2.41. The molecule has 6 heterocycles. The summed E-state index contributed by atoms with van der Waals surface area (Å²) in [6.45, 7) is 17.3. The lowest BCUT2D eigenvalue weighted by atomic mass is 9.97. The number of ether oxygens (including phenoxy) is 1. The van der Waals surface area contributed by atoms with Gasteiger partial charge in [-0.3, -0.25) is 14.6 Å². The van der Waals surface area contributed by atoms with E-state index < -0.39 is 59.9 Å². The zero-order chi connectivity index (χ0) is 49.2. The molecule has 0 bridgehead atoms. The van der Waals surface area contributed by atoms with Gasteiger partial charge in [0.25, 0.3) is 31.9 Å². The summed E-state index contributed by atoms with van der Waals surface area (Å²) in [5, 5.41) is 6.23. The van der Waals surface area contributed by atoms with E-state index in [0.29, 0.717) is 25.6 Å². The quantitative estimate of drug-likeness (QED) is 0.112. The van der Waals surface area contributed by atoms with E-state index in [1.807, 2.05) is 67.7 Å². The molecule has 0 unspecified atom stereocenters. The molecular weight excluding hydrogens is 935 g/mol. The third-order valence-corrected chi connectivity index (χ3v) is 13.8. The van der Waals surface area contributed by atoms with Gasteiger partial charge in [0, 0.05) is 62.9 Å². The van der Waals surface area contributed by atoms with Gasteiger partial charge in [-0.05, 0) is 107 Å². The SMILES string of the molecule is CC(C)COc1cc(F)cc(-c2nc(N3C[C@@H](C)CC3(C)C)c(C(=O)NS(=O)(=O)c3cccnn3)cc2F)c1.C[C@@H]1CN(c2nc(Cl)c(F)cc2C(=O)NS(=O)(=O)c2cccnc2)C(C)(C)C1.[HH].[HH].[HH].[HH].[HH].[HH]. The first-order valence-corrected chi connectivity index (χ1v) is 24.5. The molecule has 370 valence electrons. The molecule has 2 N–H and O–H groups in total. The van der Waals surface area contributed by atoms with Crippen molar-refractivity contribution in [3.63, 3.8) is 0 Å². The molecule has 2 saturated heterocycles. The molecule has 16 nitrogen and oxygen atoms in total. The van der Waals surface area contributed by atoms with Gasteiger partial charge < -0.3 is 14.5 Å². The second-order valence-corrected chi connectivity index (χ2v) is 22.0. The summed E-state index contributed by atoms with van der Waals surface area (Å²) in [6.07, 6.45) is 5.40. The number of amides is 2. The van der Waals surface area contributed by atoms with Crippen molar-refractivity contribution in [3.8, 4) is 17.0 Å². The van der Waals surface area contributed by atoms with Crippen molar-refractivity contribution in [2.24, 2.45) is 17.8 Å². The van der Waals surface area contributed by atoms with Gasteiger partial charge in [0.2, 0.25) is 0 Å².